The molecule has 0 radical (unpaired) electrons. The summed E-state index contributed by atoms with van der Waals surface area (Å²) < 4.78 is 10.7. The second kappa shape index (κ2) is 6.44. The Balaban J connectivity index is 2.12. The highest BCUT2D eigenvalue weighted by atomic mass is 16.5. The van der Waals surface area contributed by atoms with Gasteiger partial charge in [0.1, 0.15) is 11.5 Å². The summed E-state index contributed by atoms with van der Waals surface area (Å²) in [4.78, 5) is 2.20. The summed E-state index contributed by atoms with van der Waals surface area (Å²) in [6.07, 6.45) is 2.12. The van der Waals surface area contributed by atoms with Crippen molar-refractivity contribution in [1.82, 2.24) is 4.90 Å². The van der Waals surface area contributed by atoms with Crippen LogP contribution in [0.25, 0.3) is 0 Å². The van der Waals surface area contributed by atoms with Crippen LogP contribution < -0.4 is 9.47 Å². The van der Waals surface area contributed by atoms with Gasteiger partial charge in [-0.3, -0.25) is 4.90 Å². The average Bonchev–Trinajstić information content (AvgIpc) is 2.47. The fourth-order valence-corrected chi connectivity index (χ4v) is 2.66. The van der Waals surface area contributed by atoms with Crippen molar-refractivity contribution < 1.29 is 9.47 Å². The molecule has 0 aliphatic carbocycles. The molecular weight excluding hydrogens is 240 g/mol. The van der Waals surface area contributed by atoms with Crippen molar-refractivity contribution in [3.63, 3.8) is 0 Å². The van der Waals surface area contributed by atoms with E-state index in [9.17, 15) is 0 Å². The Hall–Kier alpha value is -1.73. The van der Waals surface area contributed by atoms with Crippen LogP contribution in [-0.2, 0) is 0 Å². The highest BCUT2D eigenvalue weighted by molar-refractivity contribution is 5.42. The number of piperidine rings is 1. The molecule has 0 spiro atoms. The molecule has 102 valence electrons. The van der Waals surface area contributed by atoms with E-state index in [2.05, 4.69) is 17.0 Å². The Kier molecular flexibility index (Phi) is 4.64. The van der Waals surface area contributed by atoms with Crippen LogP contribution in [0, 0.1) is 11.3 Å². The van der Waals surface area contributed by atoms with E-state index in [0.29, 0.717) is 12.5 Å². The van der Waals surface area contributed by atoms with Crippen molar-refractivity contribution in [2.24, 2.45) is 0 Å². The number of ether oxygens (including phenoxy) is 2. The van der Waals surface area contributed by atoms with Crippen LogP contribution in [0.1, 0.15) is 24.3 Å². The fraction of sp³-hybridized carbons (Fsp3) is 0.533. The van der Waals surface area contributed by atoms with E-state index >= 15 is 0 Å². The van der Waals surface area contributed by atoms with Crippen LogP contribution in [0.5, 0.6) is 11.5 Å². The van der Waals surface area contributed by atoms with E-state index in [-0.39, 0.29) is 0 Å². The molecule has 4 nitrogen and oxygen atoms in total. The SMILES string of the molecule is COc1ccc(OC)c(C2CCN(CC#N)CC2)c1. The zero-order chi connectivity index (χ0) is 13.7. The molecule has 2 rings (SSSR count). The zero-order valence-electron chi connectivity index (χ0n) is 11.6. The van der Waals surface area contributed by atoms with Crippen LogP contribution in [0.2, 0.25) is 0 Å². The zero-order valence-corrected chi connectivity index (χ0v) is 11.6. The summed E-state index contributed by atoms with van der Waals surface area (Å²) in [6, 6.07) is 8.18. The Morgan fingerprint density at radius 2 is 2.00 bits per heavy atom. The normalized spacial score (nSPS) is 16.9. The van der Waals surface area contributed by atoms with E-state index in [1.807, 2.05) is 12.1 Å². The summed E-state index contributed by atoms with van der Waals surface area (Å²) >= 11 is 0. The van der Waals surface area contributed by atoms with Crippen LogP contribution >= 0.6 is 0 Å². The minimum Gasteiger partial charge on any atom is -0.497 e. The highest BCUT2D eigenvalue weighted by Crippen LogP contribution is 2.36. The van der Waals surface area contributed by atoms with Crippen LogP contribution in [-0.4, -0.2) is 38.8 Å². The third kappa shape index (κ3) is 3.18. The van der Waals surface area contributed by atoms with Gasteiger partial charge in [0, 0.05) is 5.56 Å². The number of benzene rings is 1. The summed E-state index contributed by atoms with van der Waals surface area (Å²) in [6.45, 7) is 2.47. The van der Waals surface area contributed by atoms with E-state index < -0.39 is 0 Å². The quantitative estimate of drug-likeness (QED) is 0.780. The number of likely N-dealkylation sites (tertiary alicyclic amines) is 1. The first kappa shape index (κ1) is 13.7. The molecule has 1 aromatic rings. The van der Waals surface area contributed by atoms with Gasteiger partial charge in [-0.25, -0.2) is 0 Å². The molecule has 1 aliphatic rings. The van der Waals surface area contributed by atoms with Crippen molar-refractivity contribution >= 4 is 0 Å². The monoisotopic (exact) mass is 260 g/mol. The number of nitriles is 1. The second-order valence-corrected chi connectivity index (χ2v) is 4.82. The Labute approximate surface area is 114 Å². The van der Waals surface area contributed by atoms with Crippen LogP contribution in [0.4, 0.5) is 0 Å². The number of hydrogen-bond donors (Lipinski definition) is 0. The van der Waals surface area contributed by atoms with Crippen molar-refractivity contribution in [1.29, 1.82) is 5.26 Å². The molecule has 19 heavy (non-hydrogen) atoms. The molecule has 0 N–H and O–H groups in total. The van der Waals surface area contributed by atoms with Gasteiger partial charge in [0.05, 0.1) is 26.8 Å². The summed E-state index contributed by atoms with van der Waals surface area (Å²) in [5.74, 6) is 2.29. The van der Waals surface area contributed by atoms with E-state index in [1.165, 1.54) is 5.56 Å². The predicted octanol–water partition coefficient (Wildman–Crippen LogP) is 2.41. The highest BCUT2D eigenvalue weighted by Gasteiger charge is 2.23. The third-order valence-corrected chi connectivity index (χ3v) is 3.76. The van der Waals surface area contributed by atoms with Crippen molar-refractivity contribution in [2.75, 3.05) is 33.9 Å². The maximum absolute atomic E-state index is 8.72. The van der Waals surface area contributed by atoms with E-state index in [1.54, 1.807) is 14.2 Å². The van der Waals surface area contributed by atoms with Gasteiger partial charge in [-0.2, -0.15) is 5.26 Å². The molecule has 0 aromatic heterocycles. The summed E-state index contributed by atoms with van der Waals surface area (Å²) in [7, 11) is 3.39. The first-order valence-electron chi connectivity index (χ1n) is 6.59. The van der Waals surface area contributed by atoms with Crippen molar-refractivity contribution in [2.45, 2.75) is 18.8 Å². The molecule has 0 bridgehead atoms. The summed E-state index contributed by atoms with van der Waals surface area (Å²) in [5, 5.41) is 8.72. The van der Waals surface area contributed by atoms with Crippen LogP contribution in [0.3, 0.4) is 0 Å². The predicted molar refractivity (Wildman–Crippen MR) is 73.6 cm³/mol. The Morgan fingerprint density at radius 1 is 1.26 bits per heavy atom. The summed E-state index contributed by atoms with van der Waals surface area (Å²) in [5.41, 5.74) is 1.22. The minimum atomic E-state index is 0.486. The molecule has 0 saturated carbocycles. The van der Waals surface area contributed by atoms with Gasteiger partial charge in [0.25, 0.3) is 0 Å². The number of methoxy groups -OCH3 is 2. The second-order valence-electron chi connectivity index (χ2n) is 4.82. The molecule has 1 heterocycles. The number of hydrogen-bond acceptors (Lipinski definition) is 4. The minimum absolute atomic E-state index is 0.486. The van der Waals surface area contributed by atoms with Gasteiger partial charge in [-0.05, 0) is 50.0 Å². The average molecular weight is 260 g/mol. The molecule has 0 atom stereocenters. The smallest absolute Gasteiger partial charge is 0.122 e. The van der Waals surface area contributed by atoms with E-state index in [4.69, 9.17) is 14.7 Å². The van der Waals surface area contributed by atoms with Gasteiger partial charge in [0.15, 0.2) is 0 Å². The third-order valence-electron chi connectivity index (χ3n) is 3.76. The number of nitrogens with zero attached hydrogens (tertiary/aromatic N) is 2. The largest absolute Gasteiger partial charge is 0.497 e. The molecule has 1 aromatic carbocycles. The Morgan fingerprint density at radius 3 is 2.58 bits per heavy atom. The lowest BCUT2D eigenvalue weighted by atomic mass is 9.88. The first-order chi connectivity index (χ1) is 9.28. The molecule has 1 aliphatic heterocycles. The van der Waals surface area contributed by atoms with Crippen molar-refractivity contribution in [3.05, 3.63) is 23.8 Å². The molecule has 1 fully saturated rings. The molecule has 4 heteroatoms. The number of rotatable bonds is 4. The lowest BCUT2D eigenvalue weighted by Crippen LogP contribution is -2.33. The Bertz CT molecular complexity index is 460. The molecule has 1 saturated heterocycles. The van der Waals surface area contributed by atoms with Gasteiger partial charge >= 0.3 is 0 Å². The maximum atomic E-state index is 8.72. The van der Waals surface area contributed by atoms with Gasteiger partial charge in [-0.1, -0.05) is 0 Å². The van der Waals surface area contributed by atoms with Crippen molar-refractivity contribution in [3.8, 4) is 17.6 Å². The molecule has 0 amide bonds. The van der Waals surface area contributed by atoms with Gasteiger partial charge in [-0.15, -0.1) is 0 Å². The topological polar surface area (TPSA) is 45.5 Å². The molecule has 0 unspecified atom stereocenters. The standard InChI is InChI=1S/C15H20N2O2/c1-18-13-3-4-15(19-2)14(11-13)12-5-8-17(9-6-12)10-7-16/h3-4,11-12H,5-6,8-10H2,1-2H3. The molecular formula is C15H20N2O2. The van der Waals surface area contributed by atoms with Crippen LogP contribution in [0.15, 0.2) is 18.2 Å². The lowest BCUT2D eigenvalue weighted by molar-refractivity contribution is 0.232. The maximum Gasteiger partial charge on any atom is 0.122 e. The fourth-order valence-electron chi connectivity index (χ4n) is 2.66. The van der Waals surface area contributed by atoms with Gasteiger partial charge in [0.2, 0.25) is 0 Å². The van der Waals surface area contributed by atoms with Gasteiger partial charge < -0.3 is 9.47 Å². The van der Waals surface area contributed by atoms with E-state index in [0.717, 1.165) is 37.4 Å². The first-order valence-corrected chi connectivity index (χ1v) is 6.59. The lowest BCUT2D eigenvalue weighted by Gasteiger charge is -2.31.